The number of nitrogens with one attached hydrogen (secondary N) is 2. The van der Waals surface area contributed by atoms with Crippen molar-refractivity contribution in [1.29, 1.82) is 0 Å². The summed E-state index contributed by atoms with van der Waals surface area (Å²) in [6.07, 6.45) is 0.236. The van der Waals surface area contributed by atoms with Gasteiger partial charge in [0.1, 0.15) is 5.82 Å². The minimum Gasteiger partial charge on any atom is -0.384 e. The van der Waals surface area contributed by atoms with Gasteiger partial charge in [-0.25, -0.2) is 4.39 Å². The molecule has 0 fully saturated rings. The van der Waals surface area contributed by atoms with Crippen LogP contribution in [-0.2, 0) is 4.79 Å². The van der Waals surface area contributed by atoms with Crippen molar-refractivity contribution in [1.82, 2.24) is 0 Å². The van der Waals surface area contributed by atoms with Gasteiger partial charge in [-0.2, -0.15) is 0 Å². The molecule has 0 atom stereocenters. The molecule has 0 unspecified atom stereocenters. The maximum absolute atomic E-state index is 13.4. The van der Waals surface area contributed by atoms with Crippen molar-refractivity contribution >= 4 is 28.9 Å². The van der Waals surface area contributed by atoms with Gasteiger partial charge in [-0.15, -0.1) is 0 Å². The average Bonchev–Trinajstić information content (AvgIpc) is 2.46. The summed E-state index contributed by atoms with van der Waals surface area (Å²) in [6.45, 7) is 2.35. The molecule has 21 heavy (non-hydrogen) atoms. The Balaban J connectivity index is 1.85. The summed E-state index contributed by atoms with van der Waals surface area (Å²) in [4.78, 5) is 11.8. The van der Waals surface area contributed by atoms with Gasteiger partial charge in [0, 0.05) is 23.7 Å². The maximum atomic E-state index is 13.4. The van der Waals surface area contributed by atoms with Crippen molar-refractivity contribution in [3.63, 3.8) is 0 Å². The quantitative estimate of drug-likeness (QED) is 0.868. The first-order chi connectivity index (χ1) is 10.1. The van der Waals surface area contributed by atoms with Gasteiger partial charge in [-0.1, -0.05) is 29.8 Å². The van der Waals surface area contributed by atoms with Crippen molar-refractivity contribution in [2.75, 3.05) is 17.2 Å². The molecular weight excluding hydrogens is 291 g/mol. The van der Waals surface area contributed by atoms with Crippen LogP contribution < -0.4 is 10.6 Å². The highest BCUT2D eigenvalue weighted by Gasteiger charge is 2.07. The molecule has 0 aliphatic heterocycles. The van der Waals surface area contributed by atoms with Crippen LogP contribution in [0.3, 0.4) is 0 Å². The summed E-state index contributed by atoms with van der Waals surface area (Å²) >= 11 is 6.02. The monoisotopic (exact) mass is 306 g/mol. The van der Waals surface area contributed by atoms with E-state index in [1.165, 1.54) is 12.1 Å². The molecule has 5 heteroatoms. The fraction of sp³-hybridized carbons (Fsp3) is 0.188. The van der Waals surface area contributed by atoms with E-state index in [0.717, 1.165) is 11.3 Å². The van der Waals surface area contributed by atoms with Crippen molar-refractivity contribution in [3.05, 3.63) is 58.9 Å². The van der Waals surface area contributed by atoms with Crippen molar-refractivity contribution in [3.8, 4) is 0 Å². The first-order valence-corrected chi connectivity index (χ1v) is 6.99. The Morgan fingerprint density at radius 2 is 1.86 bits per heavy atom. The van der Waals surface area contributed by atoms with E-state index in [4.69, 9.17) is 11.6 Å². The summed E-state index contributed by atoms with van der Waals surface area (Å²) in [7, 11) is 0. The SMILES string of the molecule is Cc1c(Cl)cccc1NCCC(=O)Nc1ccccc1F. The average molecular weight is 307 g/mol. The van der Waals surface area contributed by atoms with Gasteiger partial charge in [0.15, 0.2) is 0 Å². The van der Waals surface area contributed by atoms with Crippen molar-refractivity contribution in [2.45, 2.75) is 13.3 Å². The van der Waals surface area contributed by atoms with Crippen LogP contribution in [0.25, 0.3) is 0 Å². The molecule has 1 amide bonds. The lowest BCUT2D eigenvalue weighted by Gasteiger charge is -2.11. The Morgan fingerprint density at radius 3 is 2.62 bits per heavy atom. The van der Waals surface area contributed by atoms with Crippen LogP contribution in [0.4, 0.5) is 15.8 Å². The molecule has 0 saturated carbocycles. The minimum absolute atomic E-state index is 0.196. The lowest BCUT2D eigenvalue weighted by atomic mass is 10.2. The molecule has 0 aromatic heterocycles. The second-order valence-electron chi connectivity index (χ2n) is 4.62. The van der Waals surface area contributed by atoms with Crippen LogP contribution in [0.5, 0.6) is 0 Å². The van der Waals surface area contributed by atoms with E-state index in [9.17, 15) is 9.18 Å². The standard InChI is InChI=1S/C16H16ClFN2O/c1-11-12(17)5-4-8-14(11)19-10-9-16(21)20-15-7-3-2-6-13(15)18/h2-8,19H,9-10H2,1H3,(H,20,21). The molecule has 0 aliphatic rings. The van der Waals surface area contributed by atoms with Gasteiger partial charge in [0.25, 0.3) is 0 Å². The highest BCUT2D eigenvalue weighted by atomic mass is 35.5. The maximum Gasteiger partial charge on any atom is 0.226 e. The first-order valence-electron chi connectivity index (χ1n) is 6.61. The van der Waals surface area contributed by atoms with Crippen LogP contribution >= 0.6 is 11.6 Å². The first kappa shape index (κ1) is 15.3. The molecular formula is C16H16ClFN2O. The summed E-state index contributed by atoms with van der Waals surface area (Å²) in [6, 6.07) is 11.6. The number of rotatable bonds is 5. The van der Waals surface area contributed by atoms with E-state index in [1.54, 1.807) is 12.1 Å². The van der Waals surface area contributed by atoms with Crippen LogP contribution in [0.15, 0.2) is 42.5 Å². The third-order valence-electron chi connectivity index (χ3n) is 3.08. The van der Waals surface area contributed by atoms with Gasteiger partial charge < -0.3 is 10.6 Å². The topological polar surface area (TPSA) is 41.1 Å². The van der Waals surface area contributed by atoms with Gasteiger partial charge in [-0.3, -0.25) is 4.79 Å². The molecule has 0 saturated heterocycles. The zero-order valence-corrected chi connectivity index (χ0v) is 12.4. The molecule has 0 radical (unpaired) electrons. The van der Waals surface area contributed by atoms with Crippen LogP contribution in [-0.4, -0.2) is 12.5 Å². The highest BCUT2D eigenvalue weighted by molar-refractivity contribution is 6.31. The number of para-hydroxylation sites is 1. The summed E-state index contributed by atoms with van der Waals surface area (Å²) < 4.78 is 13.4. The van der Waals surface area contributed by atoms with Crippen LogP contribution in [0.2, 0.25) is 5.02 Å². The van der Waals surface area contributed by atoms with Crippen LogP contribution in [0, 0.1) is 12.7 Å². The third-order valence-corrected chi connectivity index (χ3v) is 3.49. The molecule has 2 rings (SSSR count). The van der Waals surface area contributed by atoms with E-state index in [0.29, 0.717) is 11.6 Å². The fourth-order valence-electron chi connectivity index (χ4n) is 1.88. The number of hydrogen-bond acceptors (Lipinski definition) is 2. The summed E-state index contributed by atoms with van der Waals surface area (Å²) in [5.41, 5.74) is 2.02. The number of hydrogen-bond donors (Lipinski definition) is 2. The number of halogens is 2. The summed E-state index contributed by atoms with van der Waals surface area (Å²) in [5.74, 6) is -0.684. The Morgan fingerprint density at radius 1 is 1.14 bits per heavy atom. The van der Waals surface area contributed by atoms with Gasteiger partial charge >= 0.3 is 0 Å². The lowest BCUT2D eigenvalue weighted by molar-refractivity contribution is -0.116. The van der Waals surface area contributed by atoms with Crippen molar-refractivity contribution in [2.24, 2.45) is 0 Å². The molecule has 0 aliphatic carbocycles. The van der Waals surface area contributed by atoms with E-state index in [-0.39, 0.29) is 18.0 Å². The largest absolute Gasteiger partial charge is 0.384 e. The molecule has 2 aromatic rings. The van der Waals surface area contributed by atoms with Gasteiger partial charge in [0.2, 0.25) is 5.91 Å². The van der Waals surface area contributed by atoms with Crippen molar-refractivity contribution < 1.29 is 9.18 Å². The molecule has 2 N–H and O–H groups in total. The number of anilines is 2. The van der Waals surface area contributed by atoms with E-state index in [2.05, 4.69) is 10.6 Å². The zero-order valence-electron chi connectivity index (χ0n) is 11.6. The second-order valence-corrected chi connectivity index (χ2v) is 5.02. The highest BCUT2D eigenvalue weighted by Crippen LogP contribution is 2.22. The number of benzene rings is 2. The smallest absolute Gasteiger partial charge is 0.226 e. The van der Waals surface area contributed by atoms with E-state index in [1.807, 2.05) is 25.1 Å². The number of amides is 1. The predicted octanol–water partition coefficient (Wildman–Crippen LogP) is 4.23. The Hall–Kier alpha value is -2.07. The fourth-order valence-corrected chi connectivity index (χ4v) is 2.06. The Kier molecular flexibility index (Phi) is 5.17. The summed E-state index contributed by atoms with van der Waals surface area (Å²) in [5, 5.41) is 6.37. The Bertz CT molecular complexity index is 646. The Labute approximate surface area is 128 Å². The molecule has 0 spiro atoms. The zero-order chi connectivity index (χ0) is 15.2. The van der Waals surface area contributed by atoms with E-state index >= 15 is 0 Å². The molecule has 2 aromatic carbocycles. The molecule has 110 valence electrons. The molecule has 0 heterocycles. The second kappa shape index (κ2) is 7.09. The van der Waals surface area contributed by atoms with Gasteiger partial charge in [-0.05, 0) is 36.8 Å². The van der Waals surface area contributed by atoms with E-state index < -0.39 is 5.82 Å². The lowest BCUT2D eigenvalue weighted by Crippen LogP contribution is -2.17. The predicted molar refractivity (Wildman–Crippen MR) is 84.3 cm³/mol. The normalized spacial score (nSPS) is 10.2. The van der Waals surface area contributed by atoms with Crippen LogP contribution in [0.1, 0.15) is 12.0 Å². The minimum atomic E-state index is -0.440. The third kappa shape index (κ3) is 4.20. The molecule has 0 bridgehead atoms. The molecule has 3 nitrogen and oxygen atoms in total. The van der Waals surface area contributed by atoms with Gasteiger partial charge in [0.05, 0.1) is 5.69 Å². The number of carbonyl (C=O) groups excluding carboxylic acids is 1. The number of carbonyl (C=O) groups is 1.